The smallest absolute Gasteiger partial charge is 0.309 e. The molecule has 0 unspecified atom stereocenters. The molecule has 104 valence electrons. The lowest BCUT2D eigenvalue weighted by Gasteiger charge is -2.19. The van der Waals surface area contributed by atoms with Crippen LogP contribution in [0.25, 0.3) is 0 Å². The van der Waals surface area contributed by atoms with Crippen LogP contribution in [0.5, 0.6) is 0 Å². The number of carbonyl (C=O) groups excluding carboxylic acids is 1. The highest BCUT2D eigenvalue weighted by Crippen LogP contribution is 2.21. The average Bonchev–Trinajstić information content (AvgIpc) is 2.32. The third-order valence-electron chi connectivity index (χ3n) is 3.05. The van der Waals surface area contributed by atoms with Gasteiger partial charge in [-0.2, -0.15) is 0 Å². The van der Waals surface area contributed by atoms with Crippen LogP contribution < -0.4 is 5.32 Å². The third-order valence-corrected chi connectivity index (χ3v) is 3.55. The van der Waals surface area contributed by atoms with Crippen molar-refractivity contribution in [3.63, 3.8) is 0 Å². The number of hydrogen-bond acceptors (Lipinski definition) is 2. The van der Waals surface area contributed by atoms with Crippen molar-refractivity contribution in [2.24, 2.45) is 5.41 Å². The average molecular weight is 284 g/mol. The monoisotopic (exact) mass is 283 g/mol. The first-order valence-electron chi connectivity index (χ1n) is 6.02. The molecular weight excluding hydrogens is 266 g/mol. The van der Waals surface area contributed by atoms with E-state index >= 15 is 0 Å². The second-order valence-corrected chi connectivity index (χ2v) is 5.51. The van der Waals surface area contributed by atoms with Crippen LogP contribution in [0.1, 0.15) is 36.2 Å². The number of carboxylic acid groups (broad SMARTS) is 1. The summed E-state index contributed by atoms with van der Waals surface area (Å²) < 4.78 is 0. The lowest BCUT2D eigenvalue weighted by Crippen LogP contribution is -2.32. The first-order valence-corrected chi connectivity index (χ1v) is 6.40. The quantitative estimate of drug-likeness (QED) is 0.873. The summed E-state index contributed by atoms with van der Waals surface area (Å²) in [7, 11) is 0. The molecule has 0 saturated heterocycles. The number of halogens is 1. The number of nitrogens with one attached hydrogen (secondary N) is 1. The highest BCUT2D eigenvalue weighted by atomic mass is 35.5. The number of hydrogen-bond donors (Lipinski definition) is 2. The molecular formula is C14H18ClNO3. The molecule has 1 rings (SSSR count). The van der Waals surface area contributed by atoms with Crippen molar-refractivity contribution in [2.45, 2.75) is 27.2 Å². The maximum Gasteiger partial charge on any atom is 0.309 e. The predicted octanol–water partition coefficient (Wildman–Crippen LogP) is 2.88. The van der Waals surface area contributed by atoms with Crippen LogP contribution in [-0.4, -0.2) is 23.5 Å². The van der Waals surface area contributed by atoms with E-state index in [1.54, 1.807) is 26.0 Å². The fraction of sp³-hybridized carbons (Fsp3) is 0.429. The van der Waals surface area contributed by atoms with Crippen LogP contribution in [0.2, 0.25) is 5.02 Å². The van der Waals surface area contributed by atoms with Gasteiger partial charge in [0, 0.05) is 6.54 Å². The van der Waals surface area contributed by atoms with E-state index < -0.39 is 11.4 Å². The van der Waals surface area contributed by atoms with E-state index in [1.165, 1.54) is 0 Å². The van der Waals surface area contributed by atoms with Crippen molar-refractivity contribution < 1.29 is 14.7 Å². The zero-order valence-corrected chi connectivity index (χ0v) is 12.0. The van der Waals surface area contributed by atoms with Crippen molar-refractivity contribution >= 4 is 23.5 Å². The normalized spacial score (nSPS) is 11.2. The van der Waals surface area contributed by atoms with Crippen molar-refractivity contribution in [3.8, 4) is 0 Å². The van der Waals surface area contributed by atoms with Crippen molar-refractivity contribution in [2.75, 3.05) is 6.54 Å². The molecule has 0 fully saturated rings. The zero-order chi connectivity index (χ0) is 14.6. The van der Waals surface area contributed by atoms with Gasteiger partial charge in [0.15, 0.2) is 0 Å². The number of carbonyl (C=O) groups is 2. The minimum atomic E-state index is -0.879. The molecule has 5 heteroatoms. The minimum absolute atomic E-state index is 0.283. The van der Waals surface area contributed by atoms with Crippen molar-refractivity contribution in [1.82, 2.24) is 5.32 Å². The Morgan fingerprint density at radius 3 is 2.58 bits per heavy atom. The molecule has 0 saturated carbocycles. The van der Waals surface area contributed by atoms with Gasteiger partial charge in [-0.1, -0.05) is 23.7 Å². The summed E-state index contributed by atoms with van der Waals surface area (Å²) in [6, 6.07) is 5.23. The van der Waals surface area contributed by atoms with Gasteiger partial charge in [-0.05, 0) is 38.8 Å². The molecule has 2 N–H and O–H groups in total. The first-order chi connectivity index (χ1) is 8.75. The maximum atomic E-state index is 11.9. The van der Waals surface area contributed by atoms with Gasteiger partial charge in [0.25, 0.3) is 5.91 Å². The molecule has 0 bridgehead atoms. The molecule has 1 aromatic rings. The van der Waals surface area contributed by atoms with Gasteiger partial charge in [0.1, 0.15) is 0 Å². The Bertz CT molecular complexity index is 497. The predicted molar refractivity (Wildman–Crippen MR) is 74.6 cm³/mol. The fourth-order valence-electron chi connectivity index (χ4n) is 1.51. The van der Waals surface area contributed by atoms with E-state index in [4.69, 9.17) is 16.7 Å². The third kappa shape index (κ3) is 3.96. The number of aliphatic carboxylic acids is 1. The summed E-state index contributed by atoms with van der Waals surface area (Å²) in [5.41, 5.74) is 0.388. The summed E-state index contributed by atoms with van der Waals surface area (Å²) >= 11 is 6.05. The molecule has 0 atom stereocenters. The van der Waals surface area contributed by atoms with Gasteiger partial charge in [-0.15, -0.1) is 0 Å². The van der Waals surface area contributed by atoms with Gasteiger partial charge in [0.05, 0.1) is 16.0 Å². The Balaban J connectivity index is 2.62. The molecule has 0 aliphatic rings. The zero-order valence-electron chi connectivity index (χ0n) is 11.3. The highest BCUT2D eigenvalue weighted by molar-refractivity contribution is 6.34. The summed E-state index contributed by atoms with van der Waals surface area (Å²) in [4.78, 5) is 22.9. The molecule has 0 radical (unpaired) electrons. The standard InChI is InChI=1S/C14H18ClNO3/c1-9-5-4-6-10(11(9)15)12(17)16-8-7-14(2,3)13(18)19/h4-6H,7-8H2,1-3H3,(H,16,17)(H,18,19). The van der Waals surface area contributed by atoms with Crippen LogP contribution in [0.4, 0.5) is 0 Å². The van der Waals surface area contributed by atoms with Gasteiger partial charge in [0.2, 0.25) is 0 Å². The van der Waals surface area contributed by atoms with E-state index in [2.05, 4.69) is 5.32 Å². The Hall–Kier alpha value is -1.55. The van der Waals surface area contributed by atoms with Gasteiger partial charge in [-0.3, -0.25) is 9.59 Å². The van der Waals surface area contributed by atoms with Crippen molar-refractivity contribution in [3.05, 3.63) is 34.3 Å². The number of amides is 1. The van der Waals surface area contributed by atoms with Crippen LogP contribution >= 0.6 is 11.6 Å². The highest BCUT2D eigenvalue weighted by Gasteiger charge is 2.26. The molecule has 19 heavy (non-hydrogen) atoms. The maximum absolute atomic E-state index is 11.9. The van der Waals surface area contributed by atoms with E-state index in [9.17, 15) is 9.59 Å². The second-order valence-electron chi connectivity index (χ2n) is 5.13. The summed E-state index contributed by atoms with van der Waals surface area (Å²) in [5, 5.41) is 12.1. The first kappa shape index (κ1) is 15.5. The Morgan fingerprint density at radius 1 is 1.37 bits per heavy atom. The van der Waals surface area contributed by atoms with E-state index in [0.29, 0.717) is 23.6 Å². The van der Waals surface area contributed by atoms with E-state index in [-0.39, 0.29) is 5.91 Å². The Kier molecular flexibility index (Phi) is 4.95. The fourth-order valence-corrected chi connectivity index (χ4v) is 1.73. The molecule has 1 amide bonds. The lowest BCUT2D eigenvalue weighted by atomic mass is 9.90. The largest absolute Gasteiger partial charge is 0.481 e. The number of aryl methyl sites for hydroxylation is 1. The molecule has 0 heterocycles. The van der Waals surface area contributed by atoms with Gasteiger partial charge < -0.3 is 10.4 Å². The molecule has 0 aliphatic carbocycles. The Morgan fingerprint density at radius 2 is 2.00 bits per heavy atom. The van der Waals surface area contributed by atoms with Gasteiger partial charge in [-0.25, -0.2) is 0 Å². The minimum Gasteiger partial charge on any atom is -0.481 e. The summed E-state index contributed by atoms with van der Waals surface area (Å²) in [6.07, 6.45) is 0.359. The molecule has 4 nitrogen and oxygen atoms in total. The summed E-state index contributed by atoms with van der Waals surface area (Å²) in [6.45, 7) is 5.37. The van der Waals surface area contributed by atoms with Crippen LogP contribution in [-0.2, 0) is 4.79 Å². The van der Waals surface area contributed by atoms with E-state index in [0.717, 1.165) is 5.56 Å². The van der Waals surface area contributed by atoms with Crippen LogP contribution in [0.3, 0.4) is 0 Å². The van der Waals surface area contributed by atoms with Gasteiger partial charge >= 0.3 is 5.97 Å². The molecule has 0 aliphatic heterocycles. The van der Waals surface area contributed by atoms with Crippen LogP contribution in [0.15, 0.2) is 18.2 Å². The van der Waals surface area contributed by atoms with E-state index in [1.807, 2.05) is 13.0 Å². The number of carboxylic acids is 1. The second kappa shape index (κ2) is 6.06. The van der Waals surface area contributed by atoms with Crippen LogP contribution in [0, 0.1) is 12.3 Å². The number of benzene rings is 1. The van der Waals surface area contributed by atoms with Crippen molar-refractivity contribution in [1.29, 1.82) is 0 Å². The SMILES string of the molecule is Cc1cccc(C(=O)NCCC(C)(C)C(=O)O)c1Cl. The lowest BCUT2D eigenvalue weighted by molar-refractivity contribution is -0.147. The topological polar surface area (TPSA) is 66.4 Å². The molecule has 0 aromatic heterocycles. The molecule has 0 spiro atoms. The number of rotatable bonds is 5. The summed E-state index contributed by atoms with van der Waals surface area (Å²) in [5.74, 6) is -1.16. The Labute approximate surface area is 117 Å². The molecule has 1 aromatic carbocycles.